The van der Waals surface area contributed by atoms with E-state index < -0.39 is 6.10 Å². The van der Waals surface area contributed by atoms with E-state index in [0.29, 0.717) is 30.8 Å². The minimum absolute atomic E-state index is 0.143. The average Bonchev–Trinajstić information content (AvgIpc) is 2.80. The highest BCUT2D eigenvalue weighted by Crippen LogP contribution is 2.22. The average molecular weight is 428 g/mol. The molecule has 9 nitrogen and oxygen atoms in total. The lowest BCUT2D eigenvalue weighted by molar-refractivity contribution is -0.130. The zero-order chi connectivity index (χ0) is 22.1. The van der Waals surface area contributed by atoms with Crippen molar-refractivity contribution in [3.8, 4) is 5.75 Å². The molecule has 1 aromatic carbocycles. The molecule has 0 spiro atoms. The largest absolute Gasteiger partial charge is 0.497 e. The predicted molar refractivity (Wildman–Crippen MR) is 115 cm³/mol. The minimum Gasteiger partial charge on any atom is -0.497 e. The van der Waals surface area contributed by atoms with Crippen LogP contribution < -0.4 is 20.7 Å². The lowest BCUT2D eigenvalue weighted by Gasteiger charge is -2.35. The maximum Gasteiger partial charge on any atom is 0.319 e. The number of ether oxygens (including phenoxy) is 2. The van der Waals surface area contributed by atoms with E-state index in [1.165, 1.54) is 0 Å². The highest BCUT2D eigenvalue weighted by atomic mass is 16.5. The van der Waals surface area contributed by atoms with Gasteiger partial charge in [0.15, 0.2) is 0 Å². The topological polar surface area (TPSA) is 122 Å². The van der Waals surface area contributed by atoms with Crippen LogP contribution in [-0.4, -0.2) is 54.0 Å². The molecule has 2 aromatic rings. The number of rotatable bonds is 8. The van der Waals surface area contributed by atoms with Gasteiger partial charge in [0.05, 0.1) is 44.5 Å². The van der Waals surface area contributed by atoms with E-state index in [-0.39, 0.29) is 37.1 Å². The van der Waals surface area contributed by atoms with Crippen molar-refractivity contribution in [1.82, 2.24) is 15.6 Å². The number of hydrogen-bond acceptors (Lipinski definition) is 6. The van der Waals surface area contributed by atoms with Crippen LogP contribution in [0.2, 0.25) is 0 Å². The predicted octanol–water partition coefficient (Wildman–Crippen LogP) is 1.83. The van der Waals surface area contributed by atoms with Gasteiger partial charge in [-0.2, -0.15) is 0 Å². The first-order valence-electron chi connectivity index (χ1n) is 10.2. The number of carbonyl (C=O) groups is 2. The highest BCUT2D eigenvalue weighted by molar-refractivity contribution is 5.89. The molecule has 1 aromatic heterocycles. The van der Waals surface area contributed by atoms with Crippen molar-refractivity contribution in [2.45, 2.75) is 44.1 Å². The zero-order valence-corrected chi connectivity index (χ0v) is 17.4. The summed E-state index contributed by atoms with van der Waals surface area (Å²) in [7, 11) is 1.57. The number of hydrogen-bond donors (Lipinski definition) is 4. The molecule has 1 fully saturated rings. The number of urea groups is 1. The van der Waals surface area contributed by atoms with Gasteiger partial charge in [-0.3, -0.25) is 9.78 Å². The smallest absolute Gasteiger partial charge is 0.319 e. The number of nitrogens with one attached hydrogen (secondary N) is 3. The fraction of sp³-hybridized carbons (Fsp3) is 0.409. The van der Waals surface area contributed by atoms with E-state index in [4.69, 9.17) is 9.47 Å². The van der Waals surface area contributed by atoms with Crippen molar-refractivity contribution in [3.05, 3.63) is 54.4 Å². The number of pyridine rings is 1. The molecule has 0 radical (unpaired) electrons. The van der Waals surface area contributed by atoms with Crippen LogP contribution in [0.3, 0.4) is 0 Å². The number of carbonyl (C=O) groups excluding carboxylic acids is 2. The summed E-state index contributed by atoms with van der Waals surface area (Å²) in [6.45, 7) is 0.102. The van der Waals surface area contributed by atoms with E-state index in [9.17, 15) is 14.7 Å². The van der Waals surface area contributed by atoms with Crippen LogP contribution in [-0.2, 0) is 16.1 Å². The third-order valence-corrected chi connectivity index (χ3v) is 5.07. The van der Waals surface area contributed by atoms with Crippen LogP contribution in [0.4, 0.5) is 10.5 Å². The molecule has 166 valence electrons. The first kappa shape index (κ1) is 22.5. The van der Waals surface area contributed by atoms with E-state index in [1.54, 1.807) is 37.6 Å². The second-order valence-corrected chi connectivity index (χ2v) is 7.29. The van der Waals surface area contributed by atoms with Gasteiger partial charge in [0.25, 0.3) is 0 Å². The van der Waals surface area contributed by atoms with Crippen molar-refractivity contribution >= 4 is 17.6 Å². The van der Waals surface area contributed by atoms with Crippen LogP contribution in [0, 0.1) is 0 Å². The summed E-state index contributed by atoms with van der Waals surface area (Å²) < 4.78 is 11.0. The molecule has 0 bridgehead atoms. The van der Waals surface area contributed by atoms with Gasteiger partial charge in [-0.1, -0.05) is 6.07 Å². The molecule has 9 heteroatoms. The van der Waals surface area contributed by atoms with Gasteiger partial charge in [-0.25, -0.2) is 4.79 Å². The van der Waals surface area contributed by atoms with Crippen LogP contribution in [0.25, 0.3) is 0 Å². The van der Waals surface area contributed by atoms with Crippen LogP contribution in [0.1, 0.15) is 25.0 Å². The molecule has 3 amide bonds. The normalized spacial score (nSPS) is 20.5. The Bertz CT molecular complexity index is 847. The van der Waals surface area contributed by atoms with Gasteiger partial charge in [0, 0.05) is 11.9 Å². The molecule has 3 atom stereocenters. The molecular weight excluding hydrogens is 400 g/mol. The molecule has 0 unspecified atom stereocenters. The Kier molecular flexibility index (Phi) is 8.19. The molecule has 1 saturated heterocycles. The third kappa shape index (κ3) is 6.94. The number of methoxy groups -OCH3 is 1. The number of aromatic nitrogens is 1. The maximum atomic E-state index is 12.3. The summed E-state index contributed by atoms with van der Waals surface area (Å²) in [4.78, 5) is 28.7. The number of aliphatic hydroxyl groups excluding tert-OH is 1. The summed E-state index contributed by atoms with van der Waals surface area (Å²) in [6.07, 6.45) is 2.16. The summed E-state index contributed by atoms with van der Waals surface area (Å²) in [5.41, 5.74) is 1.40. The van der Waals surface area contributed by atoms with Crippen LogP contribution in [0.5, 0.6) is 5.75 Å². The summed E-state index contributed by atoms with van der Waals surface area (Å²) in [5, 5.41) is 18.1. The molecule has 1 aliphatic rings. The third-order valence-electron chi connectivity index (χ3n) is 5.07. The summed E-state index contributed by atoms with van der Waals surface area (Å²) in [5.74, 6) is 0.554. The lowest BCUT2D eigenvalue weighted by atomic mass is 9.97. The van der Waals surface area contributed by atoms with Gasteiger partial charge in [0.1, 0.15) is 11.9 Å². The number of aliphatic hydroxyl groups is 1. The van der Waals surface area contributed by atoms with Crippen molar-refractivity contribution in [3.63, 3.8) is 0 Å². The molecule has 0 saturated carbocycles. The van der Waals surface area contributed by atoms with E-state index in [2.05, 4.69) is 20.9 Å². The van der Waals surface area contributed by atoms with Crippen molar-refractivity contribution < 1.29 is 24.2 Å². The second kappa shape index (κ2) is 11.3. The number of amides is 3. The standard InChI is InChI=1S/C22H28N4O5/c1-30-17-7-5-15(6-8-17)25-22(29)26-19-10-9-18(31-20(19)14-27)12-21(28)24-13-16-4-2-3-11-23-16/h2-8,11,18-20,27H,9-10,12-14H2,1H3,(H,24,28)(H2,25,26,29)/t18-,19+,20+/m0/s1. The SMILES string of the molecule is COc1ccc(NC(=O)N[C@@H]2CC[C@@H](CC(=O)NCc3ccccn3)O[C@@H]2CO)cc1. The van der Waals surface area contributed by atoms with Gasteiger partial charge in [-0.15, -0.1) is 0 Å². The molecule has 4 N–H and O–H groups in total. The van der Waals surface area contributed by atoms with Gasteiger partial charge < -0.3 is 30.5 Å². The Labute approximate surface area is 181 Å². The van der Waals surface area contributed by atoms with Gasteiger partial charge in [-0.05, 0) is 49.2 Å². The molecule has 0 aliphatic carbocycles. The molecule has 2 heterocycles. The fourth-order valence-electron chi connectivity index (χ4n) is 3.43. The molecular formula is C22H28N4O5. The number of anilines is 1. The van der Waals surface area contributed by atoms with E-state index >= 15 is 0 Å². The molecule has 3 rings (SSSR count). The highest BCUT2D eigenvalue weighted by Gasteiger charge is 2.32. The Morgan fingerprint density at radius 3 is 2.68 bits per heavy atom. The zero-order valence-electron chi connectivity index (χ0n) is 17.4. The van der Waals surface area contributed by atoms with Crippen LogP contribution in [0.15, 0.2) is 48.7 Å². The fourth-order valence-corrected chi connectivity index (χ4v) is 3.43. The first-order valence-corrected chi connectivity index (χ1v) is 10.2. The van der Waals surface area contributed by atoms with Crippen molar-refractivity contribution in [2.75, 3.05) is 19.0 Å². The summed E-state index contributed by atoms with van der Waals surface area (Å²) >= 11 is 0. The second-order valence-electron chi connectivity index (χ2n) is 7.29. The Hall–Kier alpha value is -3.17. The van der Waals surface area contributed by atoms with Gasteiger partial charge >= 0.3 is 6.03 Å². The van der Waals surface area contributed by atoms with Crippen molar-refractivity contribution in [2.24, 2.45) is 0 Å². The van der Waals surface area contributed by atoms with Gasteiger partial charge in [0.2, 0.25) is 5.91 Å². The minimum atomic E-state index is -0.580. The van der Waals surface area contributed by atoms with E-state index in [1.807, 2.05) is 18.2 Å². The van der Waals surface area contributed by atoms with Crippen molar-refractivity contribution in [1.29, 1.82) is 0 Å². The Morgan fingerprint density at radius 1 is 1.19 bits per heavy atom. The molecule has 1 aliphatic heterocycles. The Balaban J connectivity index is 1.43. The number of benzene rings is 1. The quantitative estimate of drug-likeness (QED) is 0.509. The number of nitrogens with zero attached hydrogens (tertiary/aromatic N) is 1. The van der Waals surface area contributed by atoms with Crippen LogP contribution >= 0.6 is 0 Å². The first-order chi connectivity index (χ1) is 15.1. The lowest BCUT2D eigenvalue weighted by Crippen LogP contribution is -2.52. The summed E-state index contributed by atoms with van der Waals surface area (Å²) in [6, 6.07) is 11.8. The molecule has 31 heavy (non-hydrogen) atoms. The maximum absolute atomic E-state index is 12.3. The Morgan fingerprint density at radius 2 is 2.00 bits per heavy atom. The van der Waals surface area contributed by atoms with E-state index in [0.717, 1.165) is 5.69 Å². The monoisotopic (exact) mass is 428 g/mol.